The van der Waals surface area contributed by atoms with Gasteiger partial charge in [0.1, 0.15) is 0 Å². The van der Waals surface area contributed by atoms with Crippen LogP contribution in [0.5, 0.6) is 0 Å². The van der Waals surface area contributed by atoms with Crippen molar-refractivity contribution in [3.63, 3.8) is 0 Å². The van der Waals surface area contributed by atoms with Crippen LogP contribution in [-0.2, 0) is 16.4 Å². The molecule has 1 N–H and O–H groups in total. The van der Waals surface area contributed by atoms with Gasteiger partial charge in [-0.1, -0.05) is 42.8 Å². The lowest BCUT2D eigenvalue weighted by atomic mass is 10.2. The second-order valence-electron chi connectivity index (χ2n) is 6.63. The van der Waals surface area contributed by atoms with Gasteiger partial charge in [0, 0.05) is 10.4 Å². The van der Waals surface area contributed by atoms with E-state index in [-0.39, 0.29) is 17.0 Å². The number of halogens is 1. The highest BCUT2D eigenvalue weighted by Crippen LogP contribution is 2.30. The van der Waals surface area contributed by atoms with Crippen LogP contribution < -0.4 is 9.62 Å². The molecule has 6 nitrogen and oxygen atoms in total. The van der Waals surface area contributed by atoms with E-state index in [1.54, 1.807) is 30.3 Å². The number of anilines is 2. The molecule has 0 spiro atoms. The normalized spacial score (nSPS) is 11.2. The SMILES string of the molecule is C=CCN(c1ccccc1Cl)S(=O)(=O)c1cccc(C(=O)Nc2nc(CC)c(C)s2)c1. The topological polar surface area (TPSA) is 79.4 Å². The Labute approximate surface area is 191 Å². The minimum atomic E-state index is -3.99. The van der Waals surface area contributed by atoms with Crippen molar-refractivity contribution in [3.8, 4) is 0 Å². The Morgan fingerprint density at radius 2 is 2.00 bits per heavy atom. The molecule has 1 amide bonds. The van der Waals surface area contributed by atoms with E-state index in [9.17, 15) is 13.2 Å². The monoisotopic (exact) mass is 475 g/mol. The van der Waals surface area contributed by atoms with E-state index < -0.39 is 15.9 Å². The Bertz CT molecular complexity index is 1220. The van der Waals surface area contributed by atoms with E-state index in [0.717, 1.165) is 21.3 Å². The molecule has 0 saturated heterocycles. The number of hydrogen-bond acceptors (Lipinski definition) is 5. The molecule has 0 aliphatic heterocycles. The first-order valence-electron chi connectivity index (χ1n) is 9.53. The van der Waals surface area contributed by atoms with Gasteiger partial charge in [-0.25, -0.2) is 13.4 Å². The highest BCUT2D eigenvalue weighted by molar-refractivity contribution is 7.92. The summed E-state index contributed by atoms with van der Waals surface area (Å²) in [7, 11) is -3.99. The van der Waals surface area contributed by atoms with Crippen LogP contribution in [0.2, 0.25) is 5.02 Å². The molecule has 162 valence electrons. The molecule has 0 atom stereocenters. The maximum atomic E-state index is 13.4. The molecule has 0 aliphatic carbocycles. The number of para-hydroxylation sites is 1. The minimum absolute atomic E-state index is 0.0218. The van der Waals surface area contributed by atoms with Gasteiger partial charge in [-0.3, -0.25) is 14.4 Å². The molecule has 0 aliphatic rings. The molecule has 3 rings (SSSR count). The van der Waals surface area contributed by atoms with Crippen molar-refractivity contribution in [2.24, 2.45) is 0 Å². The Morgan fingerprint density at radius 3 is 2.65 bits per heavy atom. The fourth-order valence-corrected chi connectivity index (χ4v) is 5.69. The lowest BCUT2D eigenvalue weighted by molar-refractivity contribution is 0.102. The van der Waals surface area contributed by atoms with E-state index in [4.69, 9.17) is 11.6 Å². The summed E-state index contributed by atoms with van der Waals surface area (Å²) in [5, 5.41) is 3.53. The van der Waals surface area contributed by atoms with Crippen LogP contribution in [0, 0.1) is 6.92 Å². The lowest BCUT2D eigenvalue weighted by Crippen LogP contribution is -2.31. The third kappa shape index (κ3) is 4.98. The number of hydrogen-bond donors (Lipinski definition) is 1. The third-order valence-corrected chi connectivity index (χ3v) is 7.57. The summed E-state index contributed by atoms with van der Waals surface area (Å²) in [5.41, 5.74) is 1.48. The van der Waals surface area contributed by atoms with Crippen molar-refractivity contribution in [2.45, 2.75) is 25.2 Å². The van der Waals surface area contributed by atoms with E-state index in [1.165, 1.54) is 35.6 Å². The predicted octanol–water partition coefficient (Wildman–Crippen LogP) is 5.30. The number of amides is 1. The summed E-state index contributed by atoms with van der Waals surface area (Å²) in [5.74, 6) is -0.429. The summed E-state index contributed by atoms with van der Waals surface area (Å²) in [6.07, 6.45) is 2.25. The number of carbonyl (C=O) groups excluding carboxylic acids is 1. The van der Waals surface area contributed by atoms with Crippen LogP contribution >= 0.6 is 22.9 Å². The number of aryl methyl sites for hydroxylation is 2. The molecular weight excluding hydrogens is 454 g/mol. The van der Waals surface area contributed by atoms with Gasteiger partial charge in [-0.2, -0.15) is 0 Å². The molecule has 3 aromatic rings. The third-order valence-electron chi connectivity index (χ3n) is 4.55. The average molecular weight is 476 g/mol. The van der Waals surface area contributed by atoms with Crippen molar-refractivity contribution >= 4 is 49.7 Å². The van der Waals surface area contributed by atoms with Gasteiger partial charge in [-0.15, -0.1) is 17.9 Å². The second-order valence-corrected chi connectivity index (χ2v) is 10.1. The summed E-state index contributed by atoms with van der Waals surface area (Å²) >= 11 is 7.62. The number of rotatable bonds is 8. The second kappa shape index (κ2) is 9.64. The van der Waals surface area contributed by atoms with Gasteiger partial charge in [0.05, 0.1) is 27.8 Å². The summed E-state index contributed by atoms with van der Waals surface area (Å²) < 4.78 is 27.9. The molecule has 9 heteroatoms. The van der Waals surface area contributed by atoms with Crippen LogP contribution in [0.25, 0.3) is 0 Å². The van der Waals surface area contributed by atoms with E-state index in [1.807, 2.05) is 13.8 Å². The lowest BCUT2D eigenvalue weighted by Gasteiger charge is -2.24. The van der Waals surface area contributed by atoms with E-state index >= 15 is 0 Å². The zero-order valence-electron chi connectivity index (χ0n) is 17.1. The molecule has 1 heterocycles. The number of benzene rings is 2. The van der Waals surface area contributed by atoms with Crippen LogP contribution in [0.15, 0.2) is 66.1 Å². The largest absolute Gasteiger partial charge is 0.298 e. The number of aromatic nitrogens is 1. The molecule has 1 aromatic heterocycles. The highest BCUT2D eigenvalue weighted by atomic mass is 35.5. The number of thiazole rings is 1. The number of sulfonamides is 1. The molecule has 0 saturated carbocycles. The maximum Gasteiger partial charge on any atom is 0.264 e. The quantitative estimate of drug-likeness (QED) is 0.448. The first-order valence-corrected chi connectivity index (χ1v) is 12.2. The van der Waals surface area contributed by atoms with Crippen LogP contribution in [-0.4, -0.2) is 25.9 Å². The zero-order chi connectivity index (χ0) is 22.6. The Morgan fingerprint density at radius 1 is 1.26 bits per heavy atom. The van der Waals surface area contributed by atoms with Crippen molar-refractivity contribution in [1.82, 2.24) is 4.98 Å². The minimum Gasteiger partial charge on any atom is -0.298 e. The molecule has 0 unspecified atom stereocenters. The van der Waals surface area contributed by atoms with Crippen molar-refractivity contribution in [3.05, 3.63) is 82.3 Å². The molecule has 0 radical (unpaired) electrons. The maximum absolute atomic E-state index is 13.4. The zero-order valence-corrected chi connectivity index (χ0v) is 19.5. The Hall–Kier alpha value is -2.68. The van der Waals surface area contributed by atoms with Crippen LogP contribution in [0.1, 0.15) is 27.9 Å². The van der Waals surface area contributed by atoms with Crippen LogP contribution in [0.3, 0.4) is 0 Å². The number of nitrogens with zero attached hydrogens (tertiary/aromatic N) is 2. The fraction of sp³-hybridized carbons (Fsp3) is 0.182. The van der Waals surface area contributed by atoms with Crippen LogP contribution in [0.4, 0.5) is 10.8 Å². The first kappa shape index (κ1) is 23.0. The smallest absolute Gasteiger partial charge is 0.264 e. The summed E-state index contributed by atoms with van der Waals surface area (Å²) in [4.78, 5) is 18.1. The van der Waals surface area contributed by atoms with Crippen molar-refractivity contribution in [2.75, 3.05) is 16.2 Å². The molecule has 31 heavy (non-hydrogen) atoms. The van der Waals surface area contributed by atoms with Gasteiger partial charge in [-0.05, 0) is 43.7 Å². The molecule has 2 aromatic carbocycles. The summed E-state index contributed by atoms with van der Waals surface area (Å²) in [6, 6.07) is 12.6. The van der Waals surface area contributed by atoms with Gasteiger partial charge < -0.3 is 0 Å². The Balaban J connectivity index is 1.93. The van der Waals surface area contributed by atoms with E-state index in [2.05, 4.69) is 16.9 Å². The van der Waals surface area contributed by atoms with Gasteiger partial charge in [0.25, 0.3) is 15.9 Å². The predicted molar refractivity (Wildman–Crippen MR) is 127 cm³/mol. The standard InChI is InChI=1S/C22H22ClN3O3S2/c1-4-13-26(20-12-7-6-11-18(20)23)31(28,29)17-10-8-9-16(14-17)21(27)25-22-24-19(5-2)15(3)30-22/h4,6-12,14H,1,5,13H2,2-3H3,(H,24,25,27). The van der Waals surface area contributed by atoms with Crippen molar-refractivity contribution in [1.29, 1.82) is 0 Å². The first-order chi connectivity index (χ1) is 14.8. The summed E-state index contributed by atoms with van der Waals surface area (Å²) in [6.45, 7) is 7.62. The molecule has 0 fully saturated rings. The highest BCUT2D eigenvalue weighted by Gasteiger charge is 2.26. The fourth-order valence-electron chi connectivity index (χ4n) is 3.00. The van der Waals surface area contributed by atoms with Crippen molar-refractivity contribution < 1.29 is 13.2 Å². The van der Waals surface area contributed by atoms with E-state index in [0.29, 0.717) is 15.8 Å². The van der Waals surface area contributed by atoms with Gasteiger partial charge in [0.15, 0.2) is 5.13 Å². The molecule has 0 bridgehead atoms. The van der Waals surface area contributed by atoms with Gasteiger partial charge in [0.2, 0.25) is 0 Å². The van der Waals surface area contributed by atoms with Gasteiger partial charge >= 0.3 is 0 Å². The Kier molecular flexibility index (Phi) is 7.15. The number of nitrogens with one attached hydrogen (secondary N) is 1. The number of carbonyl (C=O) groups is 1. The average Bonchev–Trinajstić information content (AvgIpc) is 3.11. The molecular formula is C22H22ClN3O3S2.